The minimum absolute atomic E-state index is 0.279. The van der Waals surface area contributed by atoms with E-state index >= 15 is 0 Å². The van der Waals surface area contributed by atoms with Crippen LogP contribution in [-0.4, -0.2) is 25.5 Å². The van der Waals surface area contributed by atoms with Crippen molar-refractivity contribution < 1.29 is 18.0 Å². The summed E-state index contributed by atoms with van der Waals surface area (Å²) in [6.45, 7) is 0. The molecule has 3 aromatic rings. The van der Waals surface area contributed by atoms with Crippen molar-refractivity contribution in [3.63, 3.8) is 0 Å². The molecule has 0 aliphatic heterocycles. The number of hydrogen-bond acceptors (Lipinski definition) is 3. The maximum atomic E-state index is 12.9. The number of alkyl halides is 3. The van der Waals surface area contributed by atoms with E-state index in [0.717, 1.165) is 16.6 Å². The molecule has 0 saturated carbocycles. The van der Waals surface area contributed by atoms with Crippen molar-refractivity contribution >= 4 is 11.6 Å². The minimum atomic E-state index is -4.71. The van der Waals surface area contributed by atoms with Crippen molar-refractivity contribution in [2.45, 2.75) is 6.18 Å². The summed E-state index contributed by atoms with van der Waals surface area (Å²) in [4.78, 5) is 12.1. The van der Waals surface area contributed by atoms with E-state index in [9.17, 15) is 18.0 Å². The Bertz CT molecular complexity index is 867. The SMILES string of the molecule is Cn1cc(C(=O)Nc2cnn(-c3ccccc3)c2)c(C(F)(F)F)n1. The normalized spacial score (nSPS) is 11.5. The van der Waals surface area contributed by atoms with Gasteiger partial charge in [-0.15, -0.1) is 0 Å². The average Bonchev–Trinajstić information content (AvgIpc) is 3.14. The zero-order chi connectivity index (χ0) is 17.3. The van der Waals surface area contributed by atoms with E-state index in [1.54, 1.807) is 0 Å². The maximum absolute atomic E-state index is 12.9. The molecule has 24 heavy (non-hydrogen) atoms. The molecule has 2 aromatic heterocycles. The Morgan fingerprint density at radius 3 is 2.54 bits per heavy atom. The number of benzene rings is 1. The van der Waals surface area contributed by atoms with E-state index < -0.39 is 23.3 Å². The Hall–Kier alpha value is -3.10. The summed E-state index contributed by atoms with van der Waals surface area (Å²) in [5.74, 6) is -0.900. The molecule has 0 fully saturated rings. The van der Waals surface area contributed by atoms with Gasteiger partial charge in [-0.3, -0.25) is 9.48 Å². The molecule has 0 spiro atoms. The first kappa shape index (κ1) is 15.8. The minimum Gasteiger partial charge on any atom is -0.319 e. The number of aromatic nitrogens is 4. The number of carbonyl (C=O) groups excluding carboxylic acids is 1. The van der Waals surface area contributed by atoms with Gasteiger partial charge < -0.3 is 5.32 Å². The van der Waals surface area contributed by atoms with E-state index in [2.05, 4.69) is 15.5 Å². The highest BCUT2D eigenvalue weighted by molar-refractivity contribution is 6.04. The van der Waals surface area contributed by atoms with E-state index in [4.69, 9.17) is 0 Å². The fourth-order valence-electron chi connectivity index (χ4n) is 2.17. The maximum Gasteiger partial charge on any atom is 0.435 e. The van der Waals surface area contributed by atoms with Crippen LogP contribution in [0.3, 0.4) is 0 Å². The molecule has 0 unspecified atom stereocenters. The molecule has 0 aliphatic carbocycles. The Balaban J connectivity index is 1.83. The predicted molar refractivity (Wildman–Crippen MR) is 79.7 cm³/mol. The Morgan fingerprint density at radius 2 is 1.88 bits per heavy atom. The van der Waals surface area contributed by atoms with Crippen LogP contribution in [-0.2, 0) is 13.2 Å². The number of nitrogens with one attached hydrogen (secondary N) is 1. The molecule has 124 valence electrons. The van der Waals surface area contributed by atoms with Crippen LogP contribution in [0.2, 0.25) is 0 Å². The van der Waals surface area contributed by atoms with Crippen LogP contribution in [0.5, 0.6) is 0 Å². The van der Waals surface area contributed by atoms with Crippen LogP contribution in [0.4, 0.5) is 18.9 Å². The summed E-state index contributed by atoms with van der Waals surface area (Å²) in [5, 5.41) is 9.77. The summed E-state index contributed by atoms with van der Waals surface area (Å²) < 4.78 is 41.2. The Kier molecular flexibility index (Phi) is 3.84. The third-order valence-corrected chi connectivity index (χ3v) is 3.20. The van der Waals surface area contributed by atoms with Gasteiger partial charge in [0, 0.05) is 13.2 Å². The van der Waals surface area contributed by atoms with E-state index in [1.807, 2.05) is 30.3 Å². The topological polar surface area (TPSA) is 64.7 Å². The zero-order valence-corrected chi connectivity index (χ0v) is 12.4. The molecule has 3 rings (SSSR count). The van der Waals surface area contributed by atoms with Crippen LogP contribution in [0.25, 0.3) is 5.69 Å². The molecule has 9 heteroatoms. The number of aryl methyl sites for hydroxylation is 1. The molecule has 0 radical (unpaired) electrons. The number of para-hydroxylation sites is 1. The molecule has 0 aliphatic rings. The monoisotopic (exact) mass is 335 g/mol. The molecule has 0 atom stereocenters. The quantitative estimate of drug-likeness (QED) is 0.800. The molecule has 1 N–H and O–H groups in total. The lowest BCUT2D eigenvalue weighted by Crippen LogP contribution is -2.17. The van der Waals surface area contributed by atoms with Gasteiger partial charge in [-0.25, -0.2) is 4.68 Å². The summed E-state index contributed by atoms with van der Waals surface area (Å²) in [5.41, 5.74) is -0.730. The highest BCUT2D eigenvalue weighted by atomic mass is 19.4. The predicted octanol–water partition coefficient (Wildman–Crippen LogP) is 2.88. The highest BCUT2D eigenvalue weighted by Gasteiger charge is 2.39. The second-order valence-electron chi connectivity index (χ2n) is 5.03. The van der Waals surface area contributed by atoms with Gasteiger partial charge in [-0.2, -0.15) is 23.4 Å². The Labute approximate surface area is 134 Å². The molecule has 0 bridgehead atoms. The van der Waals surface area contributed by atoms with Gasteiger partial charge in [0.1, 0.15) is 0 Å². The summed E-state index contributed by atoms with van der Waals surface area (Å²) >= 11 is 0. The lowest BCUT2D eigenvalue weighted by Gasteiger charge is -2.05. The largest absolute Gasteiger partial charge is 0.435 e. The number of rotatable bonds is 3. The molecular weight excluding hydrogens is 323 g/mol. The lowest BCUT2D eigenvalue weighted by atomic mass is 10.2. The summed E-state index contributed by atoms with van der Waals surface area (Å²) in [6.07, 6.45) is -0.812. The average molecular weight is 335 g/mol. The Morgan fingerprint density at radius 1 is 1.17 bits per heavy atom. The fraction of sp³-hybridized carbons (Fsp3) is 0.133. The summed E-state index contributed by atoms with van der Waals surface area (Å²) in [6, 6.07) is 9.10. The van der Waals surface area contributed by atoms with Crippen molar-refractivity contribution in [2.24, 2.45) is 7.05 Å². The number of hydrogen-bond donors (Lipinski definition) is 1. The van der Waals surface area contributed by atoms with E-state index in [0.29, 0.717) is 0 Å². The van der Waals surface area contributed by atoms with Gasteiger partial charge in [0.25, 0.3) is 5.91 Å². The first-order valence-corrected chi connectivity index (χ1v) is 6.87. The molecule has 1 amide bonds. The third kappa shape index (κ3) is 3.14. The van der Waals surface area contributed by atoms with Crippen LogP contribution in [0.15, 0.2) is 48.9 Å². The van der Waals surface area contributed by atoms with Crippen molar-refractivity contribution in [3.05, 3.63) is 60.2 Å². The van der Waals surface area contributed by atoms with Crippen LogP contribution < -0.4 is 5.32 Å². The first-order valence-electron chi connectivity index (χ1n) is 6.87. The number of halogens is 3. The van der Waals surface area contributed by atoms with Gasteiger partial charge in [0.15, 0.2) is 5.69 Å². The highest BCUT2D eigenvalue weighted by Crippen LogP contribution is 2.30. The molecule has 2 heterocycles. The molecule has 0 saturated heterocycles. The second kappa shape index (κ2) is 5.84. The number of carbonyl (C=O) groups is 1. The number of anilines is 1. The van der Waals surface area contributed by atoms with Crippen LogP contribution in [0.1, 0.15) is 16.1 Å². The van der Waals surface area contributed by atoms with Gasteiger partial charge in [-0.1, -0.05) is 18.2 Å². The van der Waals surface area contributed by atoms with E-state index in [1.165, 1.54) is 24.1 Å². The van der Waals surface area contributed by atoms with Crippen molar-refractivity contribution in [1.82, 2.24) is 19.6 Å². The number of amides is 1. The fourth-order valence-corrected chi connectivity index (χ4v) is 2.17. The second-order valence-corrected chi connectivity index (χ2v) is 5.03. The molecule has 6 nitrogen and oxygen atoms in total. The third-order valence-electron chi connectivity index (χ3n) is 3.20. The standard InChI is InChI=1S/C15H12F3N5O/c1-22-9-12(13(21-22)15(16,17)18)14(24)20-10-7-19-23(8-10)11-5-3-2-4-6-11/h2-9H,1H3,(H,20,24). The first-order chi connectivity index (χ1) is 11.3. The van der Waals surface area contributed by atoms with E-state index in [-0.39, 0.29) is 5.69 Å². The lowest BCUT2D eigenvalue weighted by molar-refractivity contribution is -0.141. The van der Waals surface area contributed by atoms with Gasteiger partial charge in [0.05, 0.1) is 29.3 Å². The van der Waals surface area contributed by atoms with Gasteiger partial charge in [-0.05, 0) is 12.1 Å². The van der Waals surface area contributed by atoms with Crippen molar-refractivity contribution in [2.75, 3.05) is 5.32 Å². The van der Waals surface area contributed by atoms with Crippen LogP contribution >= 0.6 is 0 Å². The number of nitrogens with zero attached hydrogens (tertiary/aromatic N) is 4. The van der Waals surface area contributed by atoms with Gasteiger partial charge in [0.2, 0.25) is 0 Å². The van der Waals surface area contributed by atoms with Crippen LogP contribution in [0, 0.1) is 0 Å². The molecular formula is C15H12F3N5O. The molecule has 1 aromatic carbocycles. The van der Waals surface area contributed by atoms with Crippen molar-refractivity contribution in [3.8, 4) is 5.69 Å². The van der Waals surface area contributed by atoms with Gasteiger partial charge >= 0.3 is 6.18 Å². The summed E-state index contributed by atoms with van der Waals surface area (Å²) in [7, 11) is 1.32. The smallest absolute Gasteiger partial charge is 0.319 e. The zero-order valence-electron chi connectivity index (χ0n) is 12.4. The van der Waals surface area contributed by atoms with Crippen molar-refractivity contribution in [1.29, 1.82) is 0 Å².